The van der Waals surface area contributed by atoms with Gasteiger partial charge in [0, 0.05) is 6.42 Å². The molecule has 3 nitrogen and oxygen atoms in total. The second-order valence-electron chi connectivity index (χ2n) is 4.57. The lowest BCUT2D eigenvalue weighted by molar-refractivity contribution is -0.122. The van der Waals surface area contributed by atoms with Crippen molar-refractivity contribution in [1.82, 2.24) is 5.32 Å². The average molecular weight is 274 g/mol. The van der Waals surface area contributed by atoms with Gasteiger partial charge < -0.3 is 10.4 Å². The molecular weight excluding hydrogens is 257 g/mol. The Bertz CT molecular complexity index is 423. The summed E-state index contributed by atoms with van der Waals surface area (Å²) < 4.78 is 13.3. The molecule has 100 valence electrons. The van der Waals surface area contributed by atoms with Gasteiger partial charge in [-0.05, 0) is 23.6 Å². The van der Waals surface area contributed by atoms with Crippen molar-refractivity contribution in [2.75, 3.05) is 6.61 Å². The minimum absolute atomic E-state index is 0.0175. The summed E-state index contributed by atoms with van der Waals surface area (Å²) in [6.45, 7) is 3.57. The minimum atomic E-state index is -0.608. The van der Waals surface area contributed by atoms with Crippen LogP contribution in [0.2, 0.25) is 5.02 Å². The van der Waals surface area contributed by atoms with Crippen molar-refractivity contribution in [3.05, 3.63) is 34.6 Å². The van der Waals surface area contributed by atoms with Gasteiger partial charge in [-0.15, -0.1) is 0 Å². The molecule has 5 heteroatoms. The second-order valence-corrected chi connectivity index (χ2v) is 4.98. The normalized spacial score (nSPS) is 12.6. The predicted molar refractivity (Wildman–Crippen MR) is 68.8 cm³/mol. The van der Waals surface area contributed by atoms with Gasteiger partial charge in [-0.2, -0.15) is 0 Å². The number of benzene rings is 1. The van der Waals surface area contributed by atoms with E-state index < -0.39 is 11.9 Å². The van der Waals surface area contributed by atoms with Crippen molar-refractivity contribution in [3.63, 3.8) is 0 Å². The molecule has 0 aliphatic heterocycles. The molecule has 1 aromatic carbocycles. The van der Waals surface area contributed by atoms with Gasteiger partial charge in [-0.3, -0.25) is 4.79 Å². The Morgan fingerprint density at radius 1 is 1.50 bits per heavy atom. The summed E-state index contributed by atoms with van der Waals surface area (Å²) in [5, 5.41) is 11.9. The Morgan fingerprint density at radius 3 is 2.67 bits per heavy atom. The first kappa shape index (κ1) is 14.9. The lowest BCUT2D eigenvalue weighted by Gasteiger charge is -2.17. The molecule has 1 aromatic rings. The summed E-state index contributed by atoms with van der Waals surface area (Å²) in [4.78, 5) is 11.6. The van der Waals surface area contributed by atoms with E-state index in [0.29, 0.717) is 12.0 Å². The summed E-state index contributed by atoms with van der Waals surface area (Å²) in [5.74, 6) is -0.503. The number of hydrogen-bond acceptors (Lipinski definition) is 2. The Morgan fingerprint density at radius 2 is 2.17 bits per heavy atom. The van der Waals surface area contributed by atoms with Gasteiger partial charge in [0.05, 0.1) is 17.7 Å². The minimum Gasteiger partial charge on any atom is -0.394 e. The van der Waals surface area contributed by atoms with Crippen molar-refractivity contribution in [2.45, 2.75) is 26.3 Å². The monoisotopic (exact) mass is 273 g/mol. The second kappa shape index (κ2) is 6.71. The first-order valence-corrected chi connectivity index (χ1v) is 6.17. The van der Waals surface area contributed by atoms with E-state index in [-0.39, 0.29) is 23.5 Å². The molecular formula is C13H17ClFNO2. The molecule has 2 N–H and O–H groups in total. The van der Waals surface area contributed by atoms with Gasteiger partial charge in [0.15, 0.2) is 0 Å². The van der Waals surface area contributed by atoms with Crippen LogP contribution in [0.1, 0.15) is 31.9 Å². The number of hydrogen-bond donors (Lipinski definition) is 2. The summed E-state index contributed by atoms with van der Waals surface area (Å²) in [6.07, 6.45) is 0.368. The topological polar surface area (TPSA) is 49.3 Å². The summed E-state index contributed by atoms with van der Waals surface area (Å²) in [6, 6.07) is 3.60. The zero-order valence-corrected chi connectivity index (χ0v) is 11.2. The van der Waals surface area contributed by atoms with Gasteiger partial charge >= 0.3 is 0 Å². The van der Waals surface area contributed by atoms with E-state index in [4.69, 9.17) is 11.6 Å². The molecule has 1 rings (SSSR count). The highest BCUT2D eigenvalue weighted by Gasteiger charge is 2.15. The van der Waals surface area contributed by atoms with Crippen LogP contribution < -0.4 is 5.32 Å². The number of amides is 1. The molecule has 18 heavy (non-hydrogen) atoms. The smallest absolute Gasteiger partial charge is 0.220 e. The molecule has 0 spiro atoms. The van der Waals surface area contributed by atoms with Crippen molar-refractivity contribution < 1.29 is 14.3 Å². The van der Waals surface area contributed by atoms with Crippen LogP contribution in [0.15, 0.2) is 18.2 Å². The highest BCUT2D eigenvalue weighted by Crippen LogP contribution is 2.20. The van der Waals surface area contributed by atoms with Crippen molar-refractivity contribution in [2.24, 2.45) is 5.92 Å². The Balaban J connectivity index is 2.76. The average Bonchev–Trinajstić information content (AvgIpc) is 2.29. The maximum Gasteiger partial charge on any atom is 0.220 e. The van der Waals surface area contributed by atoms with Crippen LogP contribution in [-0.4, -0.2) is 17.6 Å². The van der Waals surface area contributed by atoms with E-state index >= 15 is 0 Å². The number of rotatable bonds is 5. The number of carbonyl (C=O) groups excluding carboxylic acids is 1. The number of nitrogens with one attached hydrogen (secondary N) is 1. The van der Waals surface area contributed by atoms with Crippen LogP contribution in [0.25, 0.3) is 0 Å². The fraction of sp³-hybridized carbons (Fsp3) is 0.462. The molecule has 0 radical (unpaired) electrons. The summed E-state index contributed by atoms with van der Waals surface area (Å²) >= 11 is 5.58. The summed E-state index contributed by atoms with van der Waals surface area (Å²) in [5.41, 5.74) is 0.497. The molecule has 0 aromatic heterocycles. The van der Waals surface area contributed by atoms with Gasteiger partial charge in [-0.1, -0.05) is 31.5 Å². The molecule has 0 bridgehead atoms. The van der Waals surface area contributed by atoms with Crippen LogP contribution in [-0.2, 0) is 4.79 Å². The van der Waals surface area contributed by atoms with E-state index in [9.17, 15) is 14.3 Å². The SMILES string of the molecule is CC(C)CC(=O)N[C@H](CO)c1ccc(Cl)c(F)c1. The van der Waals surface area contributed by atoms with Crippen LogP contribution in [0.5, 0.6) is 0 Å². The van der Waals surface area contributed by atoms with E-state index in [1.54, 1.807) is 6.07 Å². The third kappa shape index (κ3) is 4.27. The maximum atomic E-state index is 13.3. The molecule has 0 aliphatic carbocycles. The van der Waals surface area contributed by atoms with Crippen molar-refractivity contribution in [1.29, 1.82) is 0 Å². The largest absolute Gasteiger partial charge is 0.394 e. The first-order chi connectivity index (χ1) is 8.43. The van der Waals surface area contributed by atoms with E-state index in [0.717, 1.165) is 0 Å². The van der Waals surface area contributed by atoms with E-state index in [1.807, 2.05) is 13.8 Å². The van der Waals surface area contributed by atoms with E-state index in [2.05, 4.69) is 5.32 Å². The van der Waals surface area contributed by atoms with E-state index in [1.165, 1.54) is 12.1 Å². The Kier molecular flexibility index (Phi) is 5.56. The maximum absolute atomic E-state index is 13.3. The van der Waals surface area contributed by atoms with Crippen LogP contribution in [0.3, 0.4) is 0 Å². The molecule has 1 atom stereocenters. The number of halogens is 2. The zero-order chi connectivity index (χ0) is 13.7. The highest BCUT2D eigenvalue weighted by atomic mass is 35.5. The fourth-order valence-electron chi connectivity index (χ4n) is 1.59. The summed E-state index contributed by atoms with van der Waals surface area (Å²) in [7, 11) is 0. The Labute approximate surface area is 111 Å². The predicted octanol–water partition coefficient (Wildman–Crippen LogP) is 2.67. The number of carbonyl (C=O) groups is 1. The number of aliphatic hydroxyl groups is 1. The fourth-order valence-corrected chi connectivity index (χ4v) is 1.71. The van der Waals surface area contributed by atoms with Crippen LogP contribution in [0.4, 0.5) is 4.39 Å². The van der Waals surface area contributed by atoms with Crippen molar-refractivity contribution in [3.8, 4) is 0 Å². The molecule has 0 saturated carbocycles. The third-order valence-corrected chi connectivity index (χ3v) is 2.76. The van der Waals surface area contributed by atoms with Gasteiger partial charge in [0.1, 0.15) is 5.82 Å². The molecule has 0 unspecified atom stereocenters. The zero-order valence-electron chi connectivity index (χ0n) is 10.4. The van der Waals surface area contributed by atoms with Gasteiger partial charge in [-0.25, -0.2) is 4.39 Å². The third-order valence-electron chi connectivity index (χ3n) is 2.46. The van der Waals surface area contributed by atoms with Gasteiger partial charge in [0.2, 0.25) is 5.91 Å². The lowest BCUT2D eigenvalue weighted by atomic mass is 10.1. The van der Waals surface area contributed by atoms with Crippen LogP contribution >= 0.6 is 11.6 Å². The molecule has 0 heterocycles. The Hall–Kier alpha value is -1.13. The lowest BCUT2D eigenvalue weighted by Crippen LogP contribution is -2.31. The molecule has 0 fully saturated rings. The number of aliphatic hydroxyl groups excluding tert-OH is 1. The quantitative estimate of drug-likeness (QED) is 0.867. The van der Waals surface area contributed by atoms with Gasteiger partial charge in [0.25, 0.3) is 0 Å². The highest BCUT2D eigenvalue weighted by molar-refractivity contribution is 6.30. The van der Waals surface area contributed by atoms with Crippen LogP contribution in [0, 0.1) is 11.7 Å². The first-order valence-electron chi connectivity index (χ1n) is 5.79. The standard InChI is InChI=1S/C13H17ClFNO2/c1-8(2)5-13(18)16-12(7-17)9-3-4-10(14)11(15)6-9/h3-4,6,8,12,17H,5,7H2,1-2H3,(H,16,18)/t12-/m1/s1. The molecule has 0 saturated heterocycles. The molecule has 0 aliphatic rings. The molecule has 1 amide bonds. The van der Waals surface area contributed by atoms with Crippen molar-refractivity contribution >= 4 is 17.5 Å².